The fourth-order valence-corrected chi connectivity index (χ4v) is 3.73. The van der Waals surface area contributed by atoms with Gasteiger partial charge in [-0.05, 0) is 36.5 Å². The molecule has 0 saturated heterocycles. The van der Waals surface area contributed by atoms with Gasteiger partial charge in [-0.2, -0.15) is 0 Å². The fraction of sp³-hybridized carbons (Fsp3) is 0.806. The van der Waals surface area contributed by atoms with Gasteiger partial charge in [-0.1, -0.05) is 51.7 Å². The van der Waals surface area contributed by atoms with E-state index in [1.807, 2.05) is 6.07 Å². The third-order valence-electron chi connectivity index (χ3n) is 5.86. The van der Waals surface area contributed by atoms with E-state index in [-0.39, 0.29) is 6.61 Å². The standard InChI is InChI=1S/C31H56O9/c1-29(2)8-5-3-4-6-9-30-10-7-11-31(28-30)40-27-26-39-25-24-38-23-22-37-21-20-36-19-18-35-17-16-34-15-14-33-13-12-32/h7,10-11,28-29,32H,3-6,8-9,12-27H2,1-2H3. The Morgan fingerprint density at radius 1 is 0.550 bits per heavy atom. The third-order valence-corrected chi connectivity index (χ3v) is 5.86. The largest absolute Gasteiger partial charge is 0.491 e. The lowest BCUT2D eigenvalue weighted by Gasteiger charge is -2.10. The third kappa shape index (κ3) is 25.7. The molecular formula is C31H56O9. The first-order valence-electron chi connectivity index (χ1n) is 15.1. The van der Waals surface area contributed by atoms with Crippen LogP contribution in [-0.4, -0.2) is 111 Å². The smallest absolute Gasteiger partial charge is 0.119 e. The van der Waals surface area contributed by atoms with Crippen molar-refractivity contribution in [3.63, 3.8) is 0 Å². The van der Waals surface area contributed by atoms with Crippen LogP contribution in [0.2, 0.25) is 0 Å². The molecule has 9 nitrogen and oxygen atoms in total. The first kappa shape index (κ1) is 36.7. The number of rotatable bonds is 31. The maximum Gasteiger partial charge on any atom is 0.119 e. The second-order valence-corrected chi connectivity index (χ2v) is 9.85. The topological polar surface area (TPSA) is 94.1 Å². The second-order valence-electron chi connectivity index (χ2n) is 9.85. The molecule has 0 fully saturated rings. The molecule has 0 bridgehead atoms. The maximum atomic E-state index is 8.58. The van der Waals surface area contributed by atoms with Gasteiger partial charge in [0.2, 0.25) is 0 Å². The number of aliphatic hydroxyl groups excluding tert-OH is 1. The molecule has 1 N–H and O–H groups in total. The number of ether oxygens (including phenoxy) is 8. The quantitative estimate of drug-likeness (QED) is 0.131. The van der Waals surface area contributed by atoms with Crippen LogP contribution in [-0.2, 0) is 39.6 Å². The van der Waals surface area contributed by atoms with Gasteiger partial charge in [0.05, 0.1) is 99.1 Å². The molecule has 0 aliphatic heterocycles. The van der Waals surface area contributed by atoms with Crippen LogP contribution in [0.3, 0.4) is 0 Å². The van der Waals surface area contributed by atoms with Crippen molar-refractivity contribution in [2.75, 3.05) is 106 Å². The molecule has 0 saturated carbocycles. The average molecular weight is 573 g/mol. The molecule has 0 heterocycles. The minimum Gasteiger partial charge on any atom is -0.491 e. The molecule has 0 radical (unpaired) electrons. The molecule has 0 atom stereocenters. The van der Waals surface area contributed by atoms with E-state index in [1.54, 1.807) is 0 Å². The van der Waals surface area contributed by atoms with Crippen molar-refractivity contribution in [2.45, 2.75) is 52.4 Å². The molecule has 0 aliphatic rings. The first-order valence-corrected chi connectivity index (χ1v) is 15.1. The molecule has 0 spiro atoms. The van der Waals surface area contributed by atoms with E-state index in [0.29, 0.717) is 99.1 Å². The van der Waals surface area contributed by atoms with E-state index >= 15 is 0 Å². The molecule has 0 amide bonds. The van der Waals surface area contributed by atoms with E-state index in [4.69, 9.17) is 43.0 Å². The van der Waals surface area contributed by atoms with Crippen LogP contribution < -0.4 is 4.74 Å². The Morgan fingerprint density at radius 3 is 1.48 bits per heavy atom. The molecule has 1 aromatic rings. The van der Waals surface area contributed by atoms with Crippen LogP contribution in [0.1, 0.15) is 51.5 Å². The van der Waals surface area contributed by atoms with Crippen molar-refractivity contribution in [2.24, 2.45) is 5.92 Å². The Labute approximate surface area is 242 Å². The minimum absolute atomic E-state index is 0.0316. The number of hydrogen-bond acceptors (Lipinski definition) is 9. The highest BCUT2D eigenvalue weighted by Gasteiger charge is 2.00. The normalized spacial score (nSPS) is 11.5. The zero-order valence-corrected chi connectivity index (χ0v) is 25.2. The Morgan fingerprint density at radius 2 is 1.00 bits per heavy atom. The summed E-state index contributed by atoms with van der Waals surface area (Å²) in [4.78, 5) is 0. The number of hydrogen-bond donors (Lipinski definition) is 1. The van der Waals surface area contributed by atoms with Gasteiger partial charge in [0, 0.05) is 0 Å². The van der Waals surface area contributed by atoms with E-state index in [0.717, 1.165) is 18.1 Å². The van der Waals surface area contributed by atoms with E-state index in [9.17, 15) is 0 Å². The zero-order chi connectivity index (χ0) is 28.8. The Balaban J connectivity index is 1.79. The summed E-state index contributed by atoms with van der Waals surface area (Å²) in [5.41, 5.74) is 1.34. The molecule has 1 rings (SSSR count). The predicted molar refractivity (Wildman–Crippen MR) is 156 cm³/mol. The molecule has 9 heteroatoms. The van der Waals surface area contributed by atoms with Crippen LogP contribution in [0.15, 0.2) is 24.3 Å². The van der Waals surface area contributed by atoms with Crippen molar-refractivity contribution < 1.29 is 43.0 Å². The summed E-state index contributed by atoms with van der Waals surface area (Å²) in [5.74, 6) is 1.72. The summed E-state index contributed by atoms with van der Waals surface area (Å²) in [6.07, 6.45) is 7.66. The van der Waals surface area contributed by atoms with Crippen molar-refractivity contribution in [1.29, 1.82) is 0 Å². The Hall–Kier alpha value is -1.30. The molecule has 1 aromatic carbocycles. The van der Waals surface area contributed by atoms with E-state index in [1.165, 1.54) is 37.7 Å². The van der Waals surface area contributed by atoms with Crippen LogP contribution in [0, 0.1) is 5.92 Å². The molecule has 0 aromatic heterocycles. The van der Waals surface area contributed by atoms with Crippen molar-refractivity contribution in [1.82, 2.24) is 0 Å². The van der Waals surface area contributed by atoms with Crippen LogP contribution in [0.25, 0.3) is 0 Å². The summed E-state index contributed by atoms with van der Waals surface area (Å²) in [6.45, 7) is 12.2. The van der Waals surface area contributed by atoms with Crippen LogP contribution in [0.5, 0.6) is 5.75 Å². The number of unbranched alkanes of at least 4 members (excludes halogenated alkanes) is 3. The molecule has 0 aliphatic carbocycles. The van der Waals surface area contributed by atoms with Gasteiger partial charge < -0.3 is 43.0 Å². The summed E-state index contributed by atoms with van der Waals surface area (Å²) >= 11 is 0. The lowest BCUT2D eigenvalue weighted by atomic mass is 10.0. The fourth-order valence-electron chi connectivity index (χ4n) is 3.73. The average Bonchev–Trinajstić information content (AvgIpc) is 2.95. The molecule has 0 unspecified atom stereocenters. The number of benzene rings is 1. The summed E-state index contributed by atoms with van der Waals surface area (Å²) in [7, 11) is 0. The highest BCUT2D eigenvalue weighted by molar-refractivity contribution is 5.28. The monoisotopic (exact) mass is 572 g/mol. The summed E-state index contributed by atoms with van der Waals surface area (Å²) < 4.78 is 43.7. The number of aryl methyl sites for hydroxylation is 1. The first-order chi connectivity index (χ1) is 19.7. The van der Waals surface area contributed by atoms with Crippen molar-refractivity contribution >= 4 is 0 Å². The van der Waals surface area contributed by atoms with E-state index in [2.05, 4.69) is 32.0 Å². The van der Waals surface area contributed by atoms with Gasteiger partial charge in [0.25, 0.3) is 0 Å². The maximum absolute atomic E-state index is 8.58. The SMILES string of the molecule is CC(C)CCCCCCc1cccc(OCCOCCOCCOCCOCCOCCOCCOCCO)c1. The highest BCUT2D eigenvalue weighted by atomic mass is 16.6. The highest BCUT2D eigenvalue weighted by Crippen LogP contribution is 2.16. The van der Waals surface area contributed by atoms with Gasteiger partial charge in [0.15, 0.2) is 0 Å². The lowest BCUT2D eigenvalue weighted by molar-refractivity contribution is -0.0221. The second kappa shape index (κ2) is 29.2. The summed E-state index contributed by atoms with van der Waals surface area (Å²) in [5, 5.41) is 8.58. The van der Waals surface area contributed by atoms with Gasteiger partial charge in [-0.25, -0.2) is 0 Å². The lowest BCUT2D eigenvalue weighted by Crippen LogP contribution is -2.15. The van der Waals surface area contributed by atoms with Gasteiger partial charge >= 0.3 is 0 Å². The molecule has 234 valence electrons. The Kier molecular flexibility index (Phi) is 26.8. The zero-order valence-electron chi connectivity index (χ0n) is 25.2. The molecular weight excluding hydrogens is 516 g/mol. The van der Waals surface area contributed by atoms with E-state index < -0.39 is 0 Å². The van der Waals surface area contributed by atoms with Crippen LogP contribution >= 0.6 is 0 Å². The predicted octanol–water partition coefficient (Wildman–Crippen LogP) is 4.32. The minimum atomic E-state index is 0.0316. The van der Waals surface area contributed by atoms with Gasteiger partial charge in [0.1, 0.15) is 12.4 Å². The molecule has 40 heavy (non-hydrogen) atoms. The van der Waals surface area contributed by atoms with Crippen molar-refractivity contribution in [3.8, 4) is 5.75 Å². The van der Waals surface area contributed by atoms with Gasteiger partial charge in [-0.3, -0.25) is 0 Å². The van der Waals surface area contributed by atoms with Crippen molar-refractivity contribution in [3.05, 3.63) is 29.8 Å². The number of aliphatic hydroxyl groups is 1. The Bertz CT molecular complexity index is 645. The van der Waals surface area contributed by atoms with Gasteiger partial charge in [-0.15, -0.1) is 0 Å². The summed E-state index contributed by atoms with van der Waals surface area (Å²) in [6, 6.07) is 8.41. The van der Waals surface area contributed by atoms with Crippen LogP contribution in [0.4, 0.5) is 0 Å².